The number of amides is 1. The molecule has 25 heavy (non-hydrogen) atoms. The number of piperidine rings is 1. The van der Waals surface area contributed by atoms with Gasteiger partial charge in [-0.2, -0.15) is 0 Å². The van der Waals surface area contributed by atoms with Gasteiger partial charge in [-0.15, -0.1) is 11.3 Å². The van der Waals surface area contributed by atoms with Crippen LogP contribution in [0.1, 0.15) is 41.9 Å². The van der Waals surface area contributed by atoms with Crippen LogP contribution in [0.3, 0.4) is 0 Å². The Kier molecular flexibility index (Phi) is 4.57. The Labute approximate surface area is 152 Å². The lowest BCUT2D eigenvalue weighted by atomic mass is 9.98. The van der Waals surface area contributed by atoms with Gasteiger partial charge in [-0.05, 0) is 67.6 Å². The predicted octanol–water partition coefficient (Wildman–Crippen LogP) is 4.49. The summed E-state index contributed by atoms with van der Waals surface area (Å²) in [5.41, 5.74) is 0.816. The van der Waals surface area contributed by atoms with Crippen molar-refractivity contribution in [1.29, 1.82) is 0 Å². The number of carbonyl (C=O) groups is 1. The maximum atomic E-state index is 13.1. The molecule has 1 saturated heterocycles. The standard InChI is InChI=1S/C20H23N3OS/c1-15-21-9-12-22(15)11-7-18-4-2-3-10-23(18)20(24)17-5-6-19-16(14-17)8-13-25-19/h5-6,8-9,12-14,18H,2-4,7,10-11H2,1H3. The second-order valence-corrected chi connectivity index (χ2v) is 7.73. The predicted molar refractivity (Wildman–Crippen MR) is 102 cm³/mol. The van der Waals surface area contributed by atoms with E-state index < -0.39 is 0 Å². The van der Waals surface area contributed by atoms with E-state index >= 15 is 0 Å². The van der Waals surface area contributed by atoms with Crippen molar-refractivity contribution in [3.05, 3.63) is 53.4 Å². The number of benzene rings is 1. The fraction of sp³-hybridized carbons (Fsp3) is 0.400. The maximum absolute atomic E-state index is 13.1. The molecule has 0 aliphatic carbocycles. The summed E-state index contributed by atoms with van der Waals surface area (Å²) >= 11 is 1.72. The molecular weight excluding hydrogens is 330 g/mol. The highest BCUT2D eigenvalue weighted by atomic mass is 32.1. The zero-order valence-corrected chi connectivity index (χ0v) is 15.3. The van der Waals surface area contributed by atoms with E-state index in [4.69, 9.17) is 0 Å². The van der Waals surface area contributed by atoms with Crippen molar-refractivity contribution in [2.75, 3.05) is 6.54 Å². The van der Waals surface area contributed by atoms with Crippen LogP contribution in [0.15, 0.2) is 42.0 Å². The molecule has 1 atom stereocenters. The number of imidazole rings is 1. The first-order valence-electron chi connectivity index (χ1n) is 8.98. The maximum Gasteiger partial charge on any atom is 0.254 e. The van der Waals surface area contributed by atoms with E-state index in [9.17, 15) is 4.79 Å². The average molecular weight is 353 g/mol. The zero-order chi connectivity index (χ0) is 17.2. The first kappa shape index (κ1) is 16.3. The summed E-state index contributed by atoms with van der Waals surface area (Å²) in [5, 5.41) is 3.24. The molecule has 0 N–H and O–H groups in total. The molecule has 0 saturated carbocycles. The number of aryl methyl sites for hydroxylation is 2. The van der Waals surface area contributed by atoms with Crippen molar-refractivity contribution in [1.82, 2.24) is 14.5 Å². The number of carbonyl (C=O) groups excluding carboxylic acids is 1. The first-order valence-corrected chi connectivity index (χ1v) is 9.86. The van der Waals surface area contributed by atoms with Gasteiger partial charge in [0.2, 0.25) is 0 Å². The third-order valence-corrected chi connectivity index (χ3v) is 6.11. The van der Waals surface area contributed by atoms with E-state index in [-0.39, 0.29) is 5.91 Å². The molecule has 0 spiro atoms. The molecule has 1 aliphatic rings. The van der Waals surface area contributed by atoms with Crippen LogP contribution in [0.5, 0.6) is 0 Å². The summed E-state index contributed by atoms with van der Waals surface area (Å²) in [4.78, 5) is 19.5. The minimum atomic E-state index is 0.181. The number of hydrogen-bond acceptors (Lipinski definition) is 3. The Bertz CT molecular complexity index is 882. The van der Waals surface area contributed by atoms with E-state index in [0.717, 1.165) is 43.7 Å². The van der Waals surface area contributed by atoms with Crippen molar-refractivity contribution < 1.29 is 4.79 Å². The lowest BCUT2D eigenvalue weighted by molar-refractivity contribution is 0.0595. The number of likely N-dealkylation sites (tertiary alicyclic amines) is 1. The normalized spacial score (nSPS) is 18.0. The van der Waals surface area contributed by atoms with E-state index in [2.05, 4.69) is 32.0 Å². The van der Waals surface area contributed by atoms with Crippen LogP contribution in [-0.2, 0) is 6.54 Å². The van der Waals surface area contributed by atoms with E-state index in [1.165, 1.54) is 16.5 Å². The van der Waals surface area contributed by atoms with Gasteiger partial charge in [-0.25, -0.2) is 4.98 Å². The highest BCUT2D eigenvalue weighted by Gasteiger charge is 2.27. The number of thiophene rings is 1. The summed E-state index contributed by atoms with van der Waals surface area (Å²) < 4.78 is 3.41. The van der Waals surface area contributed by atoms with E-state index in [1.807, 2.05) is 31.5 Å². The van der Waals surface area contributed by atoms with Gasteiger partial charge >= 0.3 is 0 Å². The molecule has 0 radical (unpaired) electrons. The third kappa shape index (κ3) is 3.33. The Hall–Kier alpha value is -2.14. The number of nitrogens with zero attached hydrogens (tertiary/aromatic N) is 3. The molecule has 130 valence electrons. The molecule has 1 unspecified atom stereocenters. The quantitative estimate of drug-likeness (QED) is 0.693. The molecule has 4 nitrogen and oxygen atoms in total. The summed E-state index contributed by atoms with van der Waals surface area (Å²) in [5.74, 6) is 1.22. The van der Waals surface area contributed by atoms with Gasteiger partial charge in [-0.1, -0.05) is 0 Å². The molecule has 5 heteroatoms. The second kappa shape index (κ2) is 7.00. The Morgan fingerprint density at radius 1 is 1.32 bits per heavy atom. The smallest absolute Gasteiger partial charge is 0.254 e. The number of hydrogen-bond donors (Lipinski definition) is 0. The number of rotatable bonds is 4. The Morgan fingerprint density at radius 2 is 2.24 bits per heavy atom. The van der Waals surface area contributed by atoms with E-state index in [0.29, 0.717) is 6.04 Å². The summed E-state index contributed by atoms with van der Waals surface area (Å²) in [6.07, 6.45) is 8.27. The highest BCUT2D eigenvalue weighted by Crippen LogP contribution is 2.26. The SMILES string of the molecule is Cc1nccn1CCC1CCCCN1C(=O)c1ccc2sccc2c1. The zero-order valence-electron chi connectivity index (χ0n) is 14.5. The topological polar surface area (TPSA) is 38.1 Å². The minimum absolute atomic E-state index is 0.181. The fourth-order valence-electron chi connectivity index (χ4n) is 3.76. The molecule has 1 aliphatic heterocycles. The third-order valence-electron chi connectivity index (χ3n) is 5.21. The lowest BCUT2D eigenvalue weighted by Crippen LogP contribution is -2.44. The van der Waals surface area contributed by atoms with Crippen molar-refractivity contribution in [3.63, 3.8) is 0 Å². The minimum Gasteiger partial charge on any atom is -0.336 e. The summed E-state index contributed by atoms with van der Waals surface area (Å²) in [7, 11) is 0. The van der Waals surface area contributed by atoms with E-state index in [1.54, 1.807) is 11.3 Å². The van der Waals surface area contributed by atoms with Gasteiger partial charge in [0, 0.05) is 41.8 Å². The van der Waals surface area contributed by atoms with Crippen LogP contribution in [-0.4, -0.2) is 32.9 Å². The summed E-state index contributed by atoms with van der Waals surface area (Å²) in [6, 6.07) is 8.50. The average Bonchev–Trinajstić information content (AvgIpc) is 3.27. The molecular formula is C20H23N3OS. The monoisotopic (exact) mass is 353 g/mol. The van der Waals surface area contributed by atoms with Gasteiger partial charge in [0.25, 0.3) is 5.91 Å². The van der Waals surface area contributed by atoms with Crippen LogP contribution in [0.2, 0.25) is 0 Å². The van der Waals surface area contributed by atoms with Gasteiger partial charge in [-0.3, -0.25) is 4.79 Å². The summed E-state index contributed by atoms with van der Waals surface area (Å²) in [6.45, 7) is 3.82. The molecule has 1 aromatic carbocycles. The Morgan fingerprint density at radius 3 is 3.08 bits per heavy atom. The van der Waals surface area contributed by atoms with Gasteiger partial charge in [0.15, 0.2) is 0 Å². The van der Waals surface area contributed by atoms with Crippen LogP contribution >= 0.6 is 11.3 Å². The van der Waals surface area contributed by atoms with Crippen LogP contribution in [0.25, 0.3) is 10.1 Å². The molecule has 0 bridgehead atoms. The fourth-order valence-corrected chi connectivity index (χ4v) is 4.53. The molecule has 3 heterocycles. The number of fused-ring (bicyclic) bond motifs is 1. The van der Waals surface area contributed by atoms with Crippen molar-refractivity contribution in [2.45, 2.75) is 45.2 Å². The van der Waals surface area contributed by atoms with Crippen LogP contribution < -0.4 is 0 Å². The van der Waals surface area contributed by atoms with Crippen LogP contribution in [0, 0.1) is 6.92 Å². The second-order valence-electron chi connectivity index (χ2n) is 6.78. The Balaban J connectivity index is 1.51. The first-order chi connectivity index (χ1) is 12.2. The molecule has 4 rings (SSSR count). The van der Waals surface area contributed by atoms with Gasteiger partial charge < -0.3 is 9.47 Å². The highest BCUT2D eigenvalue weighted by molar-refractivity contribution is 7.17. The van der Waals surface area contributed by atoms with Crippen molar-refractivity contribution >= 4 is 27.3 Å². The molecule has 1 amide bonds. The number of aromatic nitrogens is 2. The molecule has 2 aromatic heterocycles. The lowest BCUT2D eigenvalue weighted by Gasteiger charge is -2.36. The van der Waals surface area contributed by atoms with Crippen LogP contribution in [0.4, 0.5) is 0 Å². The van der Waals surface area contributed by atoms with Crippen molar-refractivity contribution in [2.24, 2.45) is 0 Å². The largest absolute Gasteiger partial charge is 0.336 e. The molecule has 3 aromatic rings. The van der Waals surface area contributed by atoms with Gasteiger partial charge in [0.05, 0.1) is 0 Å². The molecule has 1 fully saturated rings. The van der Waals surface area contributed by atoms with Crippen molar-refractivity contribution in [3.8, 4) is 0 Å². The van der Waals surface area contributed by atoms with Gasteiger partial charge in [0.1, 0.15) is 5.82 Å².